The Morgan fingerprint density at radius 1 is 0.639 bits per heavy atom. The first-order chi connectivity index (χ1) is 17.4. The van der Waals surface area contributed by atoms with E-state index in [1.54, 1.807) is 12.1 Å². The number of rotatable bonds is 4. The molecule has 1 aromatic heterocycles. The summed E-state index contributed by atoms with van der Waals surface area (Å²) in [5.74, 6) is -0.599. The van der Waals surface area contributed by atoms with Gasteiger partial charge >= 0.3 is 0 Å². The van der Waals surface area contributed by atoms with Gasteiger partial charge in [-0.15, -0.1) is 0 Å². The first-order valence-electron chi connectivity index (χ1n) is 12.2. The van der Waals surface area contributed by atoms with Gasteiger partial charge in [-0.3, -0.25) is 14.5 Å². The van der Waals surface area contributed by atoms with Crippen LogP contribution in [0, 0.1) is 0 Å². The molecule has 0 radical (unpaired) electrons. The van der Waals surface area contributed by atoms with Gasteiger partial charge in [-0.25, -0.2) is 0 Å². The fraction of sp³-hybridized carbons (Fsp3) is 0.156. The number of benzene rings is 4. The molecular formula is C32H29N2O2+. The Balaban J connectivity index is 1.76. The number of pyridine rings is 1. The number of hydrogen-bond acceptors (Lipinski definition) is 2. The van der Waals surface area contributed by atoms with Crippen LogP contribution in [0.3, 0.4) is 0 Å². The summed E-state index contributed by atoms with van der Waals surface area (Å²) in [4.78, 5) is 29.5. The second-order valence-corrected chi connectivity index (χ2v) is 9.96. The van der Waals surface area contributed by atoms with Crippen LogP contribution in [0.25, 0.3) is 21.8 Å². The van der Waals surface area contributed by atoms with E-state index in [2.05, 4.69) is 16.7 Å². The van der Waals surface area contributed by atoms with Crippen LogP contribution in [-0.4, -0.2) is 22.3 Å². The average molecular weight is 474 g/mol. The van der Waals surface area contributed by atoms with E-state index >= 15 is 0 Å². The van der Waals surface area contributed by atoms with Crippen molar-refractivity contribution < 1.29 is 14.2 Å². The highest BCUT2D eigenvalue weighted by Crippen LogP contribution is 2.30. The van der Waals surface area contributed by atoms with Crippen LogP contribution in [0.15, 0.2) is 109 Å². The third kappa shape index (κ3) is 4.27. The van der Waals surface area contributed by atoms with Gasteiger partial charge in [0.2, 0.25) is 11.0 Å². The number of hydrogen-bond donors (Lipinski definition) is 0. The number of para-hydroxylation sites is 2. The smallest absolute Gasteiger partial charge is 0.262 e. The summed E-state index contributed by atoms with van der Waals surface area (Å²) in [5, 5.41) is 1.65. The predicted molar refractivity (Wildman–Crippen MR) is 144 cm³/mol. The second-order valence-electron chi connectivity index (χ2n) is 9.96. The van der Waals surface area contributed by atoms with Crippen molar-refractivity contribution in [3.8, 4) is 0 Å². The predicted octanol–water partition coefficient (Wildman–Crippen LogP) is 6.41. The van der Waals surface area contributed by atoms with Crippen molar-refractivity contribution in [3.63, 3.8) is 0 Å². The van der Waals surface area contributed by atoms with Crippen LogP contribution in [0.1, 0.15) is 47.1 Å². The first-order valence-corrected chi connectivity index (χ1v) is 12.2. The number of aromatic nitrogens is 1. The molecule has 178 valence electrons. The molecule has 0 aliphatic rings. The Bertz CT molecular complexity index is 1510. The van der Waals surface area contributed by atoms with Crippen LogP contribution in [0.4, 0.5) is 0 Å². The summed E-state index contributed by atoms with van der Waals surface area (Å²) < 4.78 is 2.25. The Labute approximate surface area is 211 Å². The van der Waals surface area contributed by atoms with Crippen LogP contribution >= 0.6 is 0 Å². The number of imide groups is 1. The van der Waals surface area contributed by atoms with E-state index in [-0.39, 0.29) is 11.8 Å². The lowest BCUT2D eigenvalue weighted by atomic mass is 9.96. The quantitative estimate of drug-likeness (QED) is 0.172. The minimum atomic E-state index is -0.720. The standard InChI is InChI=1S/C32H29N2O2/c1-32(2,3)34(30(35)24-16-8-5-9-17-24)31(36)29-25-18-10-12-20-27(25)33(22-23-14-6-4-7-15-23)28-21-13-11-19-26(28)29/h4-21H,22H2,1-3H3/q+1. The van der Waals surface area contributed by atoms with Gasteiger partial charge in [0, 0.05) is 28.8 Å². The van der Waals surface area contributed by atoms with Crippen molar-refractivity contribution in [2.75, 3.05) is 0 Å². The number of amides is 2. The zero-order chi connectivity index (χ0) is 25.3. The highest BCUT2D eigenvalue weighted by atomic mass is 16.2. The molecule has 5 rings (SSSR count). The molecule has 5 aromatic rings. The molecule has 0 saturated heterocycles. The molecule has 0 aliphatic heterocycles. The van der Waals surface area contributed by atoms with Gasteiger partial charge in [0.15, 0.2) is 6.54 Å². The van der Waals surface area contributed by atoms with Gasteiger partial charge in [0.25, 0.3) is 11.8 Å². The lowest BCUT2D eigenvalue weighted by Crippen LogP contribution is -2.50. The number of carbonyl (C=O) groups is 2. The molecule has 1 heterocycles. The highest BCUT2D eigenvalue weighted by Gasteiger charge is 2.37. The SMILES string of the molecule is CC(C)(C)N(C(=O)c1ccccc1)C(=O)c1c2ccccc2[n+](Cc2ccccc2)c2ccccc12. The average Bonchev–Trinajstić information content (AvgIpc) is 2.89. The summed E-state index contributed by atoms with van der Waals surface area (Å²) in [5.41, 5.74) is 3.39. The molecule has 4 aromatic carbocycles. The lowest BCUT2D eigenvalue weighted by Gasteiger charge is -2.34. The van der Waals surface area contributed by atoms with Crippen LogP contribution in [0.5, 0.6) is 0 Å². The molecule has 0 bridgehead atoms. The van der Waals surface area contributed by atoms with Crippen molar-refractivity contribution in [1.82, 2.24) is 4.90 Å². The zero-order valence-corrected chi connectivity index (χ0v) is 20.8. The van der Waals surface area contributed by atoms with Crippen molar-refractivity contribution in [3.05, 3.63) is 126 Å². The van der Waals surface area contributed by atoms with E-state index in [1.165, 1.54) is 10.5 Å². The maximum atomic E-state index is 14.4. The van der Waals surface area contributed by atoms with Gasteiger partial charge in [-0.1, -0.05) is 72.8 Å². The molecule has 0 atom stereocenters. The molecule has 0 N–H and O–H groups in total. The summed E-state index contributed by atoms with van der Waals surface area (Å²) >= 11 is 0. The Kier molecular flexibility index (Phi) is 6.11. The summed E-state index contributed by atoms with van der Waals surface area (Å²) in [6.07, 6.45) is 0. The van der Waals surface area contributed by atoms with Gasteiger partial charge in [0.05, 0.1) is 16.3 Å². The van der Waals surface area contributed by atoms with Crippen molar-refractivity contribution in [2.45, 2.75) is 32.9 Å². The third-order valence-corrected chi connectivity index (χ3v) is 6.42. The van der Waals surface area contributed by atoms with E-state index in [0.29, 0.717) is 17.7 Å². The topological polar surface area (TPSA) is 41.3 Å². The van der Waals surface area contributed by atoms with Crippen LogP contribution in [0.2, 0.25) is 0 Å². The zero-order valence-electron chi connectivity index (χ0n) is 20.8. The van der Waals surface area contributed by atoms with Gasteiger partial charge in [-0.05, 0) is 45.0 Å². The number of nitrogens with zero attached hydrogens (tertiary/aromatic N) is 2. The molecule has 0 spiro atoms. The summed E-state index contributed by atoms with van der Waals surface area (Å²) in [6.45, 7) is 6.36. The van der Waals surface area contributed by atoms with Gasteiger partial charge < -0.3 is 0 Å². The minimum Gasteiger partial charge on any atom is -0.269 e. The van der Waals surface area contributed by atoms with E-state index in [0.717, 1.165) is 21.8 Å². The third-order valence-electron chi connectivity index (χ3n) is 6.42. The summed E-state index contributed by atoms with van der Waals surface area (Å²) in [7, 11) is 0. The molecule has 0 fully saturated rings. The van der Waals surface area contributed by atoms with Crippen molar-refractivity contribution in [1.29, 1.82) is 0 Å². The Hall–Kier alpha value is -4.31. The molecule has 0 aliphatic carbocycles. The second kappa shape index (κ2) is 9.38. The van der Waals surface area contributed by atoms with E-state index in [1.807, 2.05) is 106 Å². The first kappa shape index (κ1) is 23.4. The number of carbonyl (C=O) groups excluding carboxylic acids is 2. The monoisotopic (exact) mass is 473 g/mol. The highest BCUT2D eigenvalue weighted by molar-refractivity contribution is 6.20. The van der Waals surface area contributed by atoms with Gasteiger partial charge in [0.1, 0.15) is 0 Å². The largest absolute Gasteiger partial charge is 0.269 e. The lowest BCUT2D eigenvalue weighted by molar-refractivity contribution is -0.635. The molecule has 36 heavy (non-hydrogen) atoms. The fourth-order valence-electron chi connectivity index (χ4n) is 4.81. The normalized spacial score (nSPS) is 11.5. The molecule has 4 heteroatoms. The minimum absolute atomic E-state index is 0.296. The number of fused-ring (bicyclic) bond motifs is 2. The summed E-state index contributed by atoms with van der Waals surface area (Å²) in [6, 6.07) is 35.2. The van der Waals surface area contributed by atoms with Crippen LogP contribution in [-0.2, 0) is 6.54 Å². The van der Waals surface area contributed by atoms with Crippen molar-refractivity contribution in [2.24, 2.45) is 0 Å². The maximum Gasteiger partial charge on any atom is 0.262 e. The van der Waals surface area contributed by atoms with E-state index in [9.17, 15) is 9.59 Å². The van der Waals surface area contributed by atoms with E-state index < -0.39 is 5.54 Å². The Morgan fingerprint density at radius 2 is 1.11 bits per heavy atom. The maximum absolute atomic E-state index is 14.4. The van der Waals surface area contributed by atoms with Crippen molar-refractivity contribution >= 4 is 33.6 Å². The molecule has 4 nitrogen and oxygen atoms in total. The van der Waals surface area contributed by atoms with Crippen LogP contribution < -0.4 is 4.57 Å². The Morgan fingerprint density at radius 3 is 1.64 bits per heavy atom. The fourth-order valence-corrected chi connectivity index (χ4v) is 4.81. The molecule has 2 amide bonds. The molecule has 0 unspecified atom stereocenters. The van der Waals surface area contributed by atoms with E-state index in [4.69, 9.17) is 0 Å². The molecular weight excluding hydrogens is 444 g/mol. The van der Waals surface area contributed by atoms with Gasteiger partial charge in [-0.2, -0.15) is 4.57 Å². The molecule has 0 saturated carbocycles.